The lowest BCUT2D eigenvalue weighted by atomic mass is 10.0. The van der Waals surface area contributed by atoms with Crippen LogP contribution in [0, 0.1) is 0 Å². The minimum absolute atomic E-state index is 0.110. The van der Waals surface area contributed by atoms with Crippen molar-refractivity contribution < 1.29 is 0 Å². The summed E-state index contributed by atoms with van der Waals surface area (Å²) in [5, 5.41) is 0. The summed E-state index contributed by atoms with van der Waals surface area (Å²) in [7, 11) is 0. The lowest BCUT2D eigenvalue weighted by Gasteiger charge is -2.37. The highest BCUT2D eigenvalue weighted by atomic mass is 35.5. The molecule has 0 amide bonds. The number of hydrogen-bond donors (Lipinski definition) is 1. The van der Waals surface area contributed by atoms with E-state index in [2.05, 4.69) is 38.7 Å². The van der Waals surface area contributed by atoms with Crippen molar-refractivity contribution in [2.24, 2.45) is 5.73 Å². The Labute approximate surface area is 114 Å². The average Bonchev–Trinajstić information content (AvgIpc) is 2.70. The molecule has 98 valence electrons. The van der Waals surface area contributed by atoms with Crippen LogP contribution in [0.2, 0.25) is 4.34 Å². The molecule has 0 aromatic carbocycles. The summed E-state index contributed by atoms with van der Waals surface area (Å²) in [6.07, 6.45) is 1.14. The van der Waals surface area contributed by atoms with Gasteiger partial charge in [0, 0.05) is 17.0 Å². The van der Waals surface area contributed by atoms with Gasteiger partial charge in [0.15, 0.2) is 0 Å². The molecule has 0 spiro atoms. The zero-order valence-electron chi connectivity index (χ0n) is 11.1. The van der Waals surface area contributed by atoms with E-state index in [1.54, 1.807) is 11.3 Å². The van der Waals surface area contributed by atoms with Crippen molar-refractivity contribution in [1.82, 2.24) is 4.90 Å². The fraction of sp³-hybridized carbons (Fsp3) is 0.692. The van der Waals surface area contributed by atoms with Gasteiger partial charge in [-0.15, -0.1) is 11.3 Å². The molecule has 1 aromatic heterocycles. The predicted octanol–water partition coefficient (Wildman–Crippen LogP) is 3.91. The summed E-state index contributed by atoms with van der Waals surface area (Å²) in [4.78, 5) is 3.74. The second-order valence-electron chi connectivity index (χ2n) is 4.53. The Morgan fingerprint density at radius 1 is 1.35 bits per heavy atom. The average molecular weight is 275 g/mol. The molecule has 0 saturated carbocycles. The van der Waals surface area contributed by atoms with E-state index in [1.165, 1.54) is 4.88 Å². The number of hydrogen-bond acceptors (Lipinski definition) is 3. The van der Waals surface area contributed by atoms with Crippen LogP contribution in [0.1, 0.15) is 45.0 Å². The van der Waals surface area contributed by atoms with E-state index < -0.39 is 0 Å². The fourth-order valence-electron chi connectivity index (χ4n) is 2.23. The molecular weight excluding hydrogens is 252 g/mol. The van der Waals surface area contributed by atoms with Gasteiger partial charge in [0.05, 0.1) is 10.4 Å². The smallest absolute Gasteiger partial charge is 0.0931 e. The summed E-state index contributed by atoms with van der Waals surface area (Å²) in [6.45, 7) is 9.75. The van der Waals surface area contributed by atoms with Crippen LogP contribution in [-0.4, -0.2) is 23.5 Å². The highest BCUT2D eigenvalue weighted by molar-refractivity contribution is 7.16. The molecule has 0 fully saturated rings. The first-order valence-electron chi connectivity index (χ1n) is 6.27. The summed E-state index contributed by atoms with van der Waals surface area (Å²) in [5.41, 5.74) is 6.17. The quantitative estimate of drug-likeness (QED) is 0.852. The third-order valence-electron chi connectivity index (χ3n) is 3.26. The molecule has 0 aliphatic rings. The SMILES string of the molecule is CCC(C)N(CC)C(c1ccc(Cl)s1)C(C)N. The largest absolute Gasteiger partial charge is 0.326 e. The number of halogens is 1. The Morgan fingerprint density at radius 2 is 2.00 bits per heavy atom. The van der Waals surface area contributed by atoms with E-state index in [0.717, 1.165) is 17.3 Å². The van der Waals surface area contributed by atoms with Crippen LogP contribution < -0.4 is 5.73 Å². The Balaban J connectivity index is 2.99. The van der Waals surface area contributed by atoms with Gasteiger partial charge in [-0.3, -0.25) is 4.90 Å². The molecule has 1 rings (SSSR count). The first-order valence-corrected chi connectivity index (χ1v) is 7.47. The van der Waals surface area contributed by atoms with Crippen molar-refractivity contribution in [3.63, 3.8) is 0 Å². The summed E-state index contributed by atoms with van der Waals surface area (Å²) >= 11 is 7.67. The maximum Gasteiger partial charge on any atom is 0.0931 e. The minimum Gasteiger partial charge on any atom is -0.326 e. The van der Waals surface area contributed by atoms with Gasteiger partial charge >= 0.3 is 0 Å². The van der Waals surface area contributed by atoms with Crippen molar-refractivity contribution >= 4 is 22.9 Å². The van der Waals surface area contributed by atoms with Crippen LogP contribution in [0.5, 0.6) is 0 Å². The zero-order chi connectivity index (χ0) is 13.0. The standard InChI is InChI=1S/C13H23ClN2S/c1-5-9(3)16(6-2)13(10(4)15)11-7-8-12(14)17-11/h7-10,13H,5-6,15H2,1-4H3. The number of nitrogens with zero attached hydrogens (tertiary/aromatic N) is 1. The van der Waals surface area contributed by atoms with Crippen molar-refractivity contribution in [2.45, 2.75) is 52.2 Å². The zero-order valence-corrected chi connectivity index (χ0v) is 12.7. The van der Waals surface area contributed by atoms with Crippen LogP contribution in [0.15, 0.2) is 12.1 Å². The molecule has 4 heteroatoms. The van der Waals surface area contributed by atoms with Gasteiger partial charge in [-0.25, -0.2) is 0 Å². The molecule has 2 N–H and O–H groups in total. The normalized spacial score (nSPS) is 17.1. The molecular formula is C13H23ClN2S. The van der Waals surface area contributed by atoms with Crippen molar-refractivity contribution in [2.75, 3.05) is 6.54 Å². The molecule has 0 aliphatic heterocycles. The van der Waals surface area contributed by atoms with Gasteiger partial charge in [0.1, 0.15) is 0 Å². The van der Waals surface area contributed by atoms with Crippen LogP contribution in [0.3, 0.4) is 0 Å². The Bertz CT molecular complexity index is 338. The van der Waals surface area contributed by atoms with Crippen LogP contribution >= 0.6 is 22.9 Å². The minimum atomic E-state index is 0.110. The lowest BCUT2D eigenvalue weighted by molar-refractivity contribution is 0.134. The molecule has 3 unspecified atom stereocenters. The number of thiophene rings is 1. The van der Waals surface area contributed by atoms with Crippen molar-refractivity contribution in [3.8, 4) is 0 Å². The highest BCUT2D eigenvalue weighted by Crippen LogP contribution is 2.33. The van der Waals surface area contributed by atoms with Crippen molar-refractivity contribution in [3.05, 3.63) is 21.3 Å². The highest BCUT2D eigenvalue weighted by Gasteiger charge is 2.27. The number of rotatable bonds is 6. The van der Waals surface area contributed by atoms with Crippen LogP contribution in [-0.2, 0) is 0 Å². The monoisotopic (exact) mass is 274 g/mol. The van der Waals surface area contributed by atoms with Gasteiger partial charge in [-0.1, -0.05) is 25.4 Å². The second kappa shape index (κ2) is 6.74. The molecule has 2 nitrogen and oxygen atoms in total. The van der Waals surface area contributed by atoms with Gasteiger partial charge in [0.25, 0.3) is 0 Å². The maximum absolute atomic E-state index is 6.17. The maximum atomic E-state index is 6.17. The summed E-state index contributed by atoms with van der Waals surface area (Å²) in [5.74, 6) is 0. The van der Waals surface area contributed by atoms with Crippen LogP contribution in [0.25, 0.3) is 0 Å². The van der Waals surface area contributed by atoms with Gasteiger partial charge < -0.3 is 5.73 Å². The number of likely N-dealkylation sites (N-methyl/N-ethyl adjacent to an activating group) is 1. The molecule has 3 atom stereocenters. The molecule has 17 heavy (non-hydrogen) atoms. The third kappa shape index (κ3) is 3.68. The Kier molecular flexibility index (Phi) is 5.93. The fourth-order valence-corrected chi connectivity index (χ4v) is 3.53. The van der Waals surface area contributed by atoms with E-state index in [4.69, 9.17) is 17.3 Å². The van der Waals surface area contributed by atoms with Gasteiger partial charge in [0.2, 0.25) is 0 Å². The van der Waals surface area contributed by atoms with E-state index >= 15 is 0 Å². The first kappa shape index (κ1) is 15.0. The van der Waals surface area contributed by atoms with E-state index in [0.29, 0.717) is 6.04 Å². The van der Waals surface area contributed by atoms with E-state index in [9.17, 15) is 0 Å². The predicted molar refractivity (Wildman–Crippen MR) is 77.9 cm³/mol. The van der Waals surface area contributed by atoms with E-state index in [-0.39, 0.29) is 12.1 Å². The topological polar surface area (TPSA) is 29.3 Å². The molecule has 1 aromatic rings. The molecule has 0 radical (unpaired) electrons. The van der Waals surface area contributed by atoms with Crippen LogP contribution in [0.4, 0.5) is 0 Å². The Hall–Kier alpha value is -0.0900. The molecule has 0 aliphatic carbocycles. The molecule has 0 bridgehead atoms. The van der Waals surface area contributed by atoms with Crippen molar-refractivity contribution in [1.29, 1.82) is 0 Å². The molecule has 1 heterocycles. The number of nitrogens with two attached hydrogens (primary N) is 1. The second-order valence-corrected chi connectivity index (χ2v) is 6.28. The lowest BCUT2D eigenvalue weighted by Crippen LogP contribution is -2.43. The molecule has 0 saturated heterocycles. The van der Waals surface area contributed by atoms with Gasteiger partial charge in [-0.2, -0.15) is 0 Å². The third-order valence-corrected chi connectivity index (χ3v) is 4.56. The van der Waals surface area contributed by atoms with Gasteiger partial charge in [-0.05, 0) is 38.9 Å². The Morgan fingerprint density at radius 3 is 2.35 bits per heavy atom. The summed E-state index contributed by atoms with van der Waals surface area (Å²) < 4.78 is 0.839. The van der Waals surface area contributed by atoms with E-state index in [1.807, 2.05) is 6.07 Å². The summed E-state index contributed by atoms with van der Waals surface area (Å²) in [6, 6.07) is 4.98. The first-order chi connectivity index (χ1) is 8.01.